The van der Waals surface area contributed by atoms with Gasteiger partial charge in [-0.05, 0) is 74.3 Å². The van der Waals surface area contributed by atoms with E-state index >= 15 is 0 Å². The molecule has 12 heteroatoms. The number of hydrogen-bond acceptors (Lipinski definition) is 8. The smallest absolute Gasteiger partial charge is 0.324 e. The molecule has 0 heterocycles. The number of hydrogen-bond donors (Lipinski definition) is 2. The van der Waals surface area contributed by atoms with Crippen LogP contribution in [0.5, 0.6) is 0 Å². The first kappa shape index (κ1) is 40.9. The van der Waals surface area contributed by atoms with Gasteiger partial charge < -0.3 is 10.2 Å². The number of rotatable bonds is 16. The molecular weight excluding hydrogens is 697 g/mol. The average molecular weight is 745 g/mol. The molecule has 11 nitrogen and oxygen atoms in total. The molecule has 4 aromatic rings. The molecule has 0 radical (unpaired) electrons. The molecule has 0 fully saturated rings. The minimum Gasteiger partial charge on any atom is -0.481 e. The Hall–Kier alpha value is -4.91. The number of nitrogens with zero attached hydrogens (tertiary/aromatic N) is 2. The third-order valence-corrected chi connectivity index (χ3v) is 11.0. The van der Waals surface area contributed by atoms with Crippen molar-refractivity contribution >= 4 is 27.7 Å². The molecule has 0 saturated heterocycles. The molecule has 282 valence electrons. The molecule has 0 aliphatic rings. The van der Waals surface area contributed by atoms with E-state index in [9.17, 15) is 38.3 Å². The maximum Gasteiger partial charge on any atom is 0.324 e. The maximum absolute atomic E-state index is 14.4. The lowest BCUT2D eigenvalue weighted by atomic mass is 9.61. The Bertz CT molecular complexity index is 1880. The summed E-state index contributed by atoms with van der Waals surface area (Å²) >= 11 is 0. The van der Waals surface area contributed by atoms with E-state index in [1.165, 1.54) is 0 Å². The summed E-state index contributed by atoms with van der Waals surface area (Å²) in [5.41, 5.74) is -3.02. The molecule has 0 amide bonds. The normalized spacial score (nSPS) is 14.3. The average Bonchev–Trinajstić information content (AvgIpc) is 3.10. The van der Waals surface area contributed by atoms with Crippen molar-refractivity contribution in [2.45, 2.75) is 82.3 Å². The van der Waals surface area contributed by atoms with Gasteiger partial charge in [-0.1, -0.05) is 112 Å². The molecule has 2 atom stereocenters. The minimum atomic E-state index is -4.31. The molecule has 0 bridgehead atoms. The number of carboxylic acids is 2. The summed E-state index contributed by atoms with van der Waals surface area (Å²) in [6.45, 7) is 10.9. The molecular formula is C41H48N2O9S. The van der Waals surface area contributed by atoms with Crippen molar-refractivity contribution < 1.29 is 37.3 Å². The zero-order valence-electron chi connectivity index (χ0n) is 30.9. The van der Waals surface area contributed by atoms with Gasteiger partial charge >= 0.3 is 11.9 Å². The van der Waals surface area contributed by atoms with Crippen molar-refractivity contribution in [2.75, 3.05) is 6.61 Å². The summed E-state index contributed by atoms with van der Waals surface area (Å²) in [6.07, 6.45) is -0.454. The van der Waals surface area contributed by atoms with E-state index in [0.29, 0.717) is 0 Å². The number of nitro groups is 1. The van der Waals surface area contributed by atoms with E-state index in [4.69, 9.17) is 4.18 Å². The van der Waals surface area contributed by atoms with Gasteiger partial charge in [0.15, 0.2) is 0 Å². The van der Waals surface area contributed by atoms with E-state index in [-0.39, 0.29) is 36.5 Å². The van der Waals surface area contributed by atoms with Crippen LogP contribution in [0, 0.1) is 21.4 Å². The lowest BCUT2D eigenvalue weighted by molar-refractivity contribution is -0.384. The quantitative estimate of drug-likeness (QED) is 0.0376. The molecule has 0 unspecified atom stereocenters. The number of nitro benzene ring substituents is 1. The van der Waals surface area contributed by atoms with E-state index in [2.05, 4.69) is 0 Å². The molecule has 0 aliphatic heterocycles. The van der Waals surface area contributed by atoms with Gasteiger partial charge in [0.05, 0.1) is 27.9 Å². The molecule has 0 aliphatic carbocycles. The van der Waals surface area contributed by atoms with Gasteiger partial charge in [0.25, 0.3) is 15.8 Å². The third-order valence-electron chi connectivity index (χ3n) is 9.72. The summed E-state index contributed by atoms with van der Waals surface area (Å²) < 4.78 is 30.9. The van der Waals surface area contributed by atoms with Crippen molar-refractivity contribution in [3.63, 3.8) is 0 Å². The molecule has 0 saturated carbocycles. The highest BCUT2D eigenvalue weighted by Gasteiger charge is 2.64. The maximum atomic E-state index is 14.4. The van der Waals surface area contributed by atoms with Gasteiger partial charge in [-0.25, -0.2) is 0 Å². The summed E-state index contributed by atoms with van der Waals surface area (Å²) in [5, 5.41) is 33.4. The van der Waals surface area contributed by atoms with E-state index in [1.54, 1.807) is 0 Å². The van der Waals surface area contributed by atoms with Gasteiger partial charge in [0.1, 0.15) is 5.54 Å². The Morgan fingerprint density at radius 3 is 1.53 bits per heavy atom. The van der Waals surface area contributed by atoms with Crippen molar-refractivity contribution in [1.29, 1.82) is 0 Å². The highest BCUT2D eigenvalue weighted by molar-refractivity contribution is 7.86. The van der Waals surface area contributed by atoms with E-state index in [1.807, 2.05) is 137 Å². The van der Waals surface area contributed by atoms with Crippen LogP contribution in [0.2, 0.25) is 0 Å². The van der Waals surface area contributed by atoms with Gasteiger partial charge in [-0.15, -0.1) is 0 Å². The highest BCUT2D eigenvalue weighted by Crippen LogP contribution is 2.55. The fourth-order valence-electron chi connectivity index (χ4n) is 7.49. The number of benzene rings is 4. The van der Waals surface area contributed by atoms with Crippen LogP contribution in [0.4, 0.5) is 5.69 Å². The summed E-state index contributed by atoms with van der Waals surface area (Å²) in [4.78, 5) is 39.5. The largest absolute Gasteiger partial charge is 0.481 e. The SMILES string of the molecule is CC(C)(C)N(C(c1ccccc1)(c1ccccc1)c1ccccc1)[C@@](C[C@H](CCCOS(=O)(=O)c1ccc([N+](=O)[O-])cc1)C(=O)O)(C(=O)O)C(C)(C)C. The lowest BCUT2D eigenvalue weighted by Gasteiger charge is -2.63. The van der Waals surface area contributed by atoms with Crippen LogP contribution in [0.1, 0.15) is 77.5 Å². The fourth-order valence-corrected chi connectivity index (χ4v) is 8.44. The summed E-state index contributed by atoms with van der Waals surface area (Å²) in [7, 11) is -4.31. The first-order valence-electron chi connectivity index (χ1n) is 17.4. The molecule has 53 heavy (non-hydrogen) atoms. The standard InChI is InChI=1S/C41H48N2O9S/c1-38(2,3)40(37(46)47,29-30(36(44)45)17-16-28-52-53(50,51)35-26-24-34(25-27-35)42(48)49)43(39(4,5)6)41(31-18-10-7-11-19-31,32-20-12-8-13-21-32)33-22-14-9-15-23-33/h7-15,18-27,30H,16-17,28-29H2,1-6H3,(H,44,45)(H,46,47)/t30-,40-/m0/s1. The Labute approximate surface area is 311 Å². The Morgan fingerprint density at radius 1 is 0.755 bits per heavy atom. The Kier molecular flexibility index (Phi) is 12.3. The molecule has 2 N–H and O–H groups in total. The Balaban J connectivity index is 1.87. The topological polar surface area (TPSA) is 164 Å². The first-order chi connectivity index (χ1) is 24.8. The van der Waals surface area contributed by atoms with Crippen molar-refractivity contribution in [3.05, 3.63) is 142 Å². The van der Waals surface area contributed by atoms with Gasteiger partial charge in [0, 0.05) is 17.7 Å². The van der Waals surface area contributed by atoms with Crippen molar-refractivity contribution in [3.8, 4) is 0 Å². The second kappa shape index (κ2) is 16.0. The molecule has 4 rings (SSSR count). The summed E-state index contributed by atoms with van der Waals surface area (Å²) in [6, 6.07) is 33.1. The number of carbonyl (C=O) groups is 2. The second-order valence-electron chi connectivity index (χ2n) is 15.1. The number of aliphatic carboxylic acids is 2. The van der Waals surface area contributed by atoms with E-state index in [0.717, 1.165) is 41.0 Å². The van der Waals surface area contributed by atoms with Gasteiger partial charge in [0.2, 0.25) is 0 Å². The predicted molar refractivity (Wildman–Crippen MR) is 202 cm³/mol. The monoisotopic (exact) mass is 744 g/mol. The Morgan fingerprint density at radius 2 is 1.19 bits per heavy atom. The van der Waals surface area contributed by atoms with Crippen LogP contribution >= 0.6 is 0 Å². The predicted octanol–water partition coefficient (Wildman–Crippen LogP) is 8.13. The number of carboxylic acid groups (broad SMARTS) is 2. The molecule has 0 aromatic heterocycles. The van der Waals surface area contributed by atoms with Crippen LogP contribution in [-0.4, -0.2) is 58.1 Å². The second-order valence-corrected chi connectivity index (χ2v) is 16.8. The van der Waals surface area contributed by atoms with Gasteiger partial charge in [-0.3, -0.25) is 28.8 Å². The molecule has 4 aromatic carbocycles. The van der Waals surface area contributed by atoms with E-state index < -0.39 is 54.9 Å². The van der Waals surface area contributed by atoms with Crippen molar-refractivity contribution in [1.82, 2.24) is 4.90 Å². The summed E-state index contributed by atoms with van der Waals surface area (Å²) in [5.74, 6) is -3.66. The van der Waals surface area contributed by atoms with Crippen molar-refractivity contribution in [2.24, 2.45) is 11.3 Å². The molecule has 0 spiro atoms. The van der Waals surface area contributed by atoms with Crippen LogP contribution in [0.15, 0.2) is 120 Å². The van der Waals surface area contributed by atoms with Crippen LogP contribution in [-0.2, 0) is 29.4 Å². The van der Waals surface area contributed by atoms with Crippen LogP contribution in [0.3, 0.4) is 0 Å². The zero-order chi connectivity index (χ0) is 39.2. The number of non-ortho nitro benzene ring substituents is 1. The first-order valence-corrected chi connectivity index (χ1v) is 18.8. The van der Waals surface area contributed by atoms with Gasteiger partial charge in [-0.2, -0.15) is 8.42 Å². The van der Waals surface area contributed by atoms with Crippen LogP contribution in [0.25, 0.3) is 0 Å². The fraction of sp³-hybridized carbons (Fsp3) is 0.366. The lowest BCUT2D eigenvalue weighted by Crippen LogP contribution is -2.74. The third kappa shape index (κ3) is 8.35. The zero-order valence-corrected chi connectivity index (χ0v) is 31.7. The van der Waals surface area contributed by atoms with Crippen LogP contribution < -0.4 is 0 Å². The minimum absolute atomic E-state index is 0.0280. The highest BCUT2D eigenvalue weighted by atomic mass is 32.2.